The first-order valence-electron chi connectivity index (χ1n) is 9.44. The van der Waals surface area contributed by atoms with Gasteiger partial charge in [-0.25, -0.2) is 0 Å². The fourth-order valence-corrected chi connectivity index (χ4v) is 4.17. The molecule has 6 heteroatoms. The highest BCUT2D eigenvalue weighted by atomic mass is 16.5. The summed E-state index contributed by atoms with van der Waals surface area (Å²) in [5.74, 6) is -0.0999. The van der Waals surface area contributed by atoms with Gasteiger partial charge in [-0.15, -0.1) is 0 Å². The van der Waals surface area contributed by atoms with E-state index in [1.807, 2.05) is 62.4 Å². The van der Waals surface area contributed by atoms with Crippen molar-refractivity contribution in [1.29, 1.82) is 0 Å². The Labute approximate surface area is 164 Å². The van der Waals surface area contributed by atoms with Crippen molar-refractivity contribution in [2.45, 2.75) is 38.0 Å². The maximum absolute atomic E-state index is 13.1. The minimum atomic E-state index is -0.793. The molecule has 146 valence electrons. The molecule has 0 aromatic heterocycles. The lowest BCUT2D eigenvalue weighted by molar-refractivity contribution is -0.147. The van der Waals surface area contributed by atoms with Crippen LogP contribution in [0.25, 0.3) is 0 Å². The Kier molecular flexibility index (Phi) is 4.49. The summed E-state index contributed by atoms with van der Waals surface area (Å²) in [5.41, 5.74) is 1.07. The van der Waals surface area contributed by atoms with Gasteiger partial charge < -0.3 is 20.1 Å². The van der Waals surface area contributed by atoms with Crippen molar-refractivity contribution in [2.24, 2.45) is 5.92 Å². The molecule has 1 fully saturated rings. The number of rotatable bonds is 4. The van der Waals surface area contributed by atoms with Crippen molar-refractivity contribution >= 4 is 11.8 Å². The topological polar surface area (TPSA) is 76.7 Å². The predicted molar refractivity (Wildman–Crippen MR) is 104 cm³/mol. The van der Waals surface area contributed by atoms with E-state index in [2.05, 4.69) is 10.6 Å². The molecular weight excluding hydrogens is 356 g/mol. The van der Waals surface area contributed by atoms with Gasteiger partial charge in [0, 0.05) is 12.3 Å². The number of carbonyl (C=O) groups is 2. The summed E-state index contributed by atoms with van der Waals surface area (Å²) < 4.78 is 11.2. The van der Waals surface area contributed by atoms with Gasteiger partial charge in [0.25, 0.3) is 0 Å². The molecule has 6 nitrogen and oxygen atoms in total. The maximum Gasteiger partial charge on any atom is 0.236 e. The number of ether oxygens (including phenoxy) is 2. The molecule has 2 aromatic rings. The molecule has 4 rings (SSSR count). The van der Waals surface area contributed by atoms with Crippen molar-refractivity contribution in [1.82, 2.24) is 10.6 Å². The van der Waals surface area contributed by atoms with Crippen LogP contribution >= 0.6 is 0 Å². The minimum absolute atomic E-state index is 0.216. The second kappa shape index (κ2) is 6.86. The molecule has 28 heavy (non-hydrogen) atoms. The minimum Gasteiger partial charge on any atom is -0.497 e. The van der Waals surface area contributed by atoms with Gasteiger partial charge in [-0.05, 0) is 43.2 Å². The van der Waals surface area contributed by atoms with Crippen LogP contribution in [0.4, 0.5) is 0 Å². The number of nitrogens with one attached hydrogen (secondary N) is 2. The van der Waals surface area contributed by atoms with Crippen LogP contribution in [0.1, 0.15) is 43.4 Å². The highest BCUT2D eigenvalue weighted by molar-refractivity contribution is 6.02. The number of para-hydroxylation sites is 1. The van der Waals surface area contributed by atoms with Crippen molar-refractivity contribution in [3.63, 3.8) is 0 Å². The van der Waals surface area contributed by atoms with E-state index in [1.54, 1.807) is 7.11 Å². The number of hydrogen-bond donors (Lipinski definition) is 2. The molecule has 0 radical (unpaired) electrons. The van der Waals surface area contributed by atoms with Crippen molar-refractivity contribution in [3.8, 4) is 11.5 Å². The van der Waals surface area contributed by atoms with Gasteiger partial charge >= 0.3 is 0 Å². The number of amides is 2. The van der Waals surface area contributed by atoms with E-state index in [1.165, 1.54) is 0 Å². The van der Waals surface area contributed by atoms with Gasteiger partial charge in [0.05, 0.1) is 13.2 Å². The number of methoxy groups -OCH3 is 1. The Morgan fingerprint density at radius 2 is 1.96 bits per heavy atom. The third-order valence-electron chi connectivity index (χ3n) is 5.59. The summed E-state index contributed by atoms with van der Waals surface area (Å²) in [6.45, 7) is 3.75. The number of benzene rings is 2. The molecule has 2 aliphatic rings. The average Bonchev–Trinajstić information content (AvgIpc) is 2.67. The predicted octanol–water partition coefficient (Wildman–Crippen LogP) is 2.90. The second-order valence-corrected chi connectivity index (χ2v) is 7.65. The molecule has 0 spiro atoms. The van der Waals surface area contributed by atoms with Crippen LogP contribution in [0, 0.1) is 5.92 Å². The van der Waals surface area contributed by atoms with E-state index in [9.17, 15) is 9.59 Å². The van der Waals surface area contributed by atoms with Gasteiger partial charge in [0.15, 0.2) is 5.72 Å². The Balaban J connectivity index is 1.57. The molecular formula is C22H24N2O4. The Bertz CT molecular complexity index is 911. The summed E-state index contributed by atoms with van der Waals surface area (Å²) in [7, 11) is 1.61. The molecule has 2 heterocycles. The van der Waals surface area contributed by atoms with Crippen LogP contribution in [0.15, 0.2) is 48.5 Å². The van der Waals surface area contributed by atoms with Gasteiger partial charge in [0.1, 0.15) is 17.4 Å². The average molecular weight is 380 g/mol. The van der Waals surface area contributed by atoms with Gasteiger partial charge in [-0.3, -0.25) is 9.59 Å². The fourth-order valence-electron chi connectivity index (χ4n) is 4.17. The largest absolute Gasteiger partial charge is 0.497 e. The molecule has 0 unspecified atom stereocenters. The molecule has 2 amide bonds. The molecule has 0 saturated carbocycles. The van der Waals surface area contributed by atoms with E-state index in [4.69, 9.17) is 9.47 Å². The van der Waals surface area contributed by atoms with Crippen LogP contribution in [0.2, 0.25) is 0 Å². The molecule has 0 aliphatic carbocycles. The summed E-state index contributed by atoms with van der Waals surface area (Å²) in [6, 6.07) is 14.9. The van der Waals surface area contributed by atoms with E-state index in [-0.39, 0.29) is 23.8 Å². The molecule has 2 bridgehead atoms. The summed E-state index contributed by atoms with van der Waals surface area (Å²) >= 11 is 0. The maximum atomic E-state index is 13.1. The second-order valence-electron chi connectivity index (χ2n) is 7.65. The smallest absolute Gasteiger partial charge is 0.236 e. The lowest BCUT2D eigenvalue weighted by Gasteiger charge is -2.46. The number of carbonyl (C=O) groups excluding carboxylic acids is 2. The number of hydrogen-bond acceptors (Lipinski definition) is 4. The van der Waals surface area contributed by atoms with Crippen LogP contribution < -0.4 is 20.1 Å². The highest BCUT2D eigenvalue weighted by Gasteiger charge is 2.51. The van der Waals surface area contributed by atoms with Crippen LogP contribution in [0.5, 0.6) is 11.5 Å². The van der Waals surface area contributed by atoms with E-state index >= 15 is 0 Å². The van der Waals surface area contributed by atoms with Gasteiger partial charge in [0.2, 0.25) is 11.8 Å². The first-order chi connectivity index (χ1) is 13.4. The molecule has 2 aromatic carbocycles. The molecule has 4 atom stereocenters. The molecule has 2 N–H and O–H groups in total. The first kappa shape index (κ1) is 18.3. The number of fused-ring (bicyclic) bond motifs is 4. The first-order valence-corrected chi connectivity index (χ1v) is 9.44. The Morgan fingerprint density at radius 3 is 2.68 bits per heavy atom. The third-order valence-corrected chi connectivity index (χ3v) is 5.59. The number of piperidine rings is 1. The Morgan fingerprint density at radius 1 is 1.25 bits per heavy atom. The van der Waals surface area contributed by atoms with Crippen molar-refractivity contribution in [3.05, 3.63) is 59.7 Å². The molecule has 1 saturated heterocycles. The standard InChI is InChI=1S/C22H24N2O4/c1-13(14-8-10-15(27-3)11-9-14)23-20(25)19-17-12-22(2,24-21(19)26)28-18-7-5-4-6-16(17)18/h4-11,13,17,19H,12H2,1-3H3,(H,23,25)(H,24,26)/t13-,17+,19+,22-/m1/s1. The van der Waals surface area contributed by atoms with Crippen molar-refractivity contribution in [2.75, 3.05) is 7.11 Å². The summed E-state index contributed by atoms with van der Waals surface area (Å²) in [6.07, 6.45) is 0.560. The zero-order valence-corrected chi connectivity index (χ0v) is 16.2. The van der Waals surface area contributed by atoms with Crippen LogP contribution in [0.3, 0.4) is 0 Å². The van der Waals surface area contributed by atoms with Gasteiger partial charge in [-0.1, -0.05) is 30.3 Å². The monoisotopic (exact) mass is 380 g/mol. The van der Waals surface area contributed by atoms with Crippen molar-refractivity contribution < 1.29 is 19.1 Å². The van der Waals surface area contributed by atoms with Gasteiger partial charge in [-0.2, -0.15) is 0 Å². The fraction of sp³-hybridized carbons (Fsp3) is 0.364. The SMILES string of the molecule is COc1ccc([C@@H](C)NC(=O)[C@H]2C(=O)N[C@@]3(C)C[C@H]2c2ccccc2O3)cc1. The zero-order chi connectivity index (χ0) is 19.9. The highest BCUT2D eigenvalue weighted by Crippen LogP contribution is 2.46. The lowest BCUT2D eigenvalue weighted by atomic mass is 9.74. The van der Waals surface area contributed by atoms with E-state index < -0.39 is 11.6 Å². The quantitative estimate of drug-likeness (QED) is 0.800. The summed E-state index contributed by atoms with van der Waals surface area (Å²) in [5, 5.41) is 5.88. The van der Waals surface area contributed by atoms with E-state index in [0.29, 0.717) is 6.42 Å². The Hall–Kier alpha value is -3.02. The molecule has 2 aliphatic heterocycles. The summed E-state index contributed by atoms with van der Waals surface area (Å²) in [4.78, 5) is 25.9. The van der Waals surface area contributed by atoms with Crippen LogP contribution in [-0.4, -0.2) is 24.6 Å². The zero-order valence-electron chi connectivity index (χ0n) is 16.2. The van der Waals surface area contributed by atoms with E-state index in [0.717, 1.165) is 22.6 Å². The third kappa shape index (κ3) is 3.19. The normalized spacial score (nSPS) is 26.3. The van der Waals surface area contributed by atoms with Crippen LogP contribution in [-0.2, 0) is 9.59 Å². The lowest BCUT2D eigenvalue weighted by Crippen LogP contribution is -2.63.